The predicted octanol–water partition coefficient (Wildman–Crippen LogP) is 0.175. The van der Waals surface area contributed by atoms with Crippen molar-refractivity contribution in [3.63, 3.8) is 0 Å². The van der Waals surface area contributed by atoms with E-state index >= 15 is 0 Å². The molecule has 24 heavy (non-hydrogen) atoms. The number of amides is 2. The molecule has 0 spiro atoms. The Morgan fingerprint density at radius 1 is 1.04 bits per heavy atom. The van der Waals surface area contributed by atoms with E-state index in [2.05, 4.69) is 10.6 Å². The van der Waals surface area contributed by atoms with Gasteiger partial charge in [-0.15, -0.1) is 0 Å². The Morgan fingerprint density at radius 2 is 1.50 bits per heavy atom. The third-order valence-corrected chi connectivity index (χ3v) is 2.88. The van der Waals surface area contributed by atoms with Gasteiger partial charge in [0.2, 0.25) is 11.8 Å². The van der Waals surface area contributed by atoms with E-state index in [0.717, 1.165) is 11.1 Å². The fourth-order valence-electron chi connectivity index (χ4n) is 1.61. The first-order valence-corrected chi connectivity index (χ1v) is 7.47. The molecule has 0 radical (unpaired) electrons. The summed E-state index contributed by atoms with van der Waals surface area (Å²) >= 11 is 0. The first kappa shape index (κ1) is 24.4. The molecule has 0 fully saturated rings. The van der Waals surface area contributed by atoms with Crippen LogP contribution in [0.1, 0.15) is 31.9 Å². The van der Waals surface area contributed by atoms with Crippen molar-refractivity contribution in [2.45, 2.75) is 40.0 Å². The van der Waals surface area contributed by atoms with Gasteiger partial charge in [-0.25, -0.2) is 0 Å². The second kappa shape index (κ2) is 14.7. The third-order valence-electron chi connectivity index (χ3n) is 2.88. The number of ether oxygens (including phenoxy) is 2. The summed E-state index contributed by atoms with van der Waals surface area (Å²) in [5.74, 6) is -0.0977. The molecule has 0 saturated heterocycles. The van der Waals surface area contributed by atoms with Gasteiger partial charge in [0.25, 0.3) is 0 Å². The summed E-state index contributed by atoms with van der Waals surface area (Å²) in [6.45, 7) is 6.65. The summed E-state index contributed by atoms with van der Waals surface area (Å²) < 4.78 is 9.64. The van der Waals surface area contributed by atoms with E-state index < -0.39 is 0 Å². The Hall–Kier alpha value is -1.86. The smallest absolute Gasteiger partial charge is 0.217 e. The first-order chi connectivity index (χ1) is 10.9. The van der Waals surface area contributed by atoms with Crippen LogP contribution < -0.4 is 10.6 Å². The molecule has 1 atom stereocenters. The lowest BCUT2D eigenvalue weighted by molar-refractivity contribution is -0.119. The molecule has 0 aliphatic carbocycles. The molecule has 6 nitrogen and oxygen atoms in total. The van der Waals surface area contributed by atoms with E-state index in [-0.39, 0.29) is 26.3 Å². The van der Waals surface area contributed by atoms with E-state index in [4.69, 9.17) is 9.47 Å². The van der Waals surface area contributed by atoms with E-state index in [9.17, 15) is 9.59 Å². The van der Waals surface area contributed by atoms with Gasteiger partial charge in [0.15, 0.2) is 0 Å². The fourth-order valence-corrected chi connectivity index (χ4v) is 1.61. The van der Waals surface area contributed by atoms with E-state index in [1.54, 1.807) is 14.2 Å². The number of hydrogen-bond acceptors (Lipinski definition) is 4. The van der Waals surface area contributed by atoms with Crippen molar-refractivity contribution in [1.82, 2.24) is 10.6 Å². The van der Waals surface area contributed by atoms with Gasteiger partial charge in [-0.3, -0.25) is 9.59 Å². The molecule has 138 valence electrons. The highest BCUT2D eigenvalue weighted by molar-refractivity contribution is 5.75. The molecule has 0 aliphatic heterocycles. The summed E-state index contributed by atoms with van der Waals surface area (Å²) in [4.78, 5) is 21.5. The van der Waals surface area contributed by atoms with Gasteiger partial charge in [0.05, 0.1) is 12.7 Å². The number of nitrogens with one attached hydrogen (secondary N) is 2. The van der Waals surface area contributed by atoms with Crippen LogP contribution in [-0.2, 0) is 32.2 Å². The maximum absolute atomic E-state index is 10.7. The molecule has 1 aromatic rings. The van der Waals surface area contributed by atoms with Crippen LogP contribution in [0.15, 0.2) is 24.3 Å². The number of rotatable bonds is 7. The maximum atomic E-state index is 10.7. The van der Waals surface area contributed by atoms with E-state index in [1.807, 2.05) is 31.2 Å². The standard InChI is InChI=1S/C12H16N2O2.C5H12O2.BH4/c1-9(15)13-7-11-4-3-5-12(6-11)8-14-10(2)16;1-5(7-3)4-6-2;/h3-6H,7-8H2,1-2H3,(H,13,15)(H,14,16);5H,4H2,1-3H3;1H4/q;;-1. The van der Waals surface area contributed by atoms with Crippen molar-refractivity contribution in [1.29, 1.82) is 0 Å². The number of methoxy groups -OCH3 is 2. The molecule has 2 amide bonds. The number of benzene rings is 1. The molecule has 0 saturated carbocycles. The first-order valence-electron chi connectivity index (χ1n) is 7.47. The van der Waals surface area contributed by atoms with Crippen LogP contribution in [0.5, 0.6) is 0 Å². The lowest BCUT2D eigenvalue weighted by Gasteiger charge is -2.06. The monoisotopic (exact) mass is 339 g/mol. The molecule has 1 aromatic carbocycles. The summed E-state index contributed by atoms with van der Waals surface area (Å²) in [5.41, 5.74) is 2.05. The molecule has 0 aromatic heterocycles. The minimum absolute atomic E-state index is 0. The normalized spacial score (nSPS) is 10.5. The second-order valence-corrected chi connectivity index (χ2v) is 5.14. The van der Waals surface area contributed by atoms with Crippen LogP contribution in [0.2, 0.25) is 0 Å². The zero-order chi connectivity index (χ0) is 17.7. The summed E-state index contributed by atoms with van der Waals surface area (Å²) in [6, 6.07) is 7.75. The number of carbonyl (C=O) groups is 2. The minimum atomic E-state index is -0.0488. The summed E-state index contributed by atoms with van der Waals surface area (Å²) in [5, 5.41) is 5.46. The van der Waals surface area contributed by atoms with Crippen molar-refractivity contribution in [3.05, 3.63) is 35.4 Å². The fraction of sp³-hybridized carbons (Fsp3) is 0.529. The van der Waals surface area contributed by atoms with Crippen LogP contribution >= 0.6 is 0 Å². The van der Waals surface area contributed by atoms with Crippen LogP contribution in [0, 0.1) is 0 Å². The van der Waals surface area contributed by atoms with Crippen molar-refractivity contribution in [2.24, 2.45) is 0 Å². The Balaban J connectivity index is 0. The highest BCUT2D eigenvalue weighted by Crippen LogP contribution is 2.04. The number of hydrogen-bond donors (Lipinski definition) is 2. The van der Waals surface area contributed by atoms with E-state index in [0.29, 0.717) is 19.7 Å². The molecule has 0 bridgehead atoms. The molecule has 2 N–H and O–H groups in total. The average Bonchev–Trinajstić information content (AvgIpc) is 2.52. The van der Waals surface area contributed by atoms with Crippen LogP contribution in [0.25, 0.3) is 0 Å². The molecule has 1 rings (SSSR count). The lowest BCUT2D eigenvalue weighted by atomic mass is 10.1. The lowest BCUT2D eigenvalue weighted by Crippen LogP contribution is -2.20. The molecular formula is C17H32BN2O4-. The van der Waals surface area contributed by atoms with Crippen LogP contribution in [-0.4, -0.2) is 47.2 Å². The van der Waals surface area contributed by atoms with Crippen molar-refractivity contribution < 1.29 is 19.1 Å². The van der Waals surface area contributed by atoms with Gasteiger partial charge in [-0.05, 0) is 18.1 Å². The highest BCUT2D eigenvalue weighted by Gasteiger charge is 1.98. The Bertz CT molecular complexity index is 450. The summed E-state index contributed by atoms with van der Waals surface area (Å²) in [7, 11) is 3.33. The van der Waals surface area contributed by atoms with Crippen LogP contribution in [0.3, 0.4) is 0 Å². The quantitative estimate of drug-likeness (QED) is 0.695. The maximum Gasteiger partial charge on any atom is 0.217 e. The van der Waals surface area contributed by atoms with E-state index in [1.165, 1.54) is 13.8 Å². The van der Waals surface area contributed by atoms with Gasteiger partial charge in [-0.1, -0.05) is 32.7 Å². The molecular weight excluding hydrogens is 307 g/mol. The second-order valence-electron chi connectivity index (χ2n) is 5.14. The third kappa shape index (κ3) is 13.8. The molecule has 7 heteroatoms. The molecule has 0 heterocycles. The van der Waals surface area contributed by atoms with Gasteiger partial charge in [0, 0.05) is 41.2 Å². The predicted molar refractivity (Wildman–Crippen MR) is 101 cm³/mol. The zero-order valence-electron chi connectivity index (χ0n) is 14.6. The molecule has 1 unspecified atom stereocenters. The topological polar surface area (TPSA) is 76.7 Å². The SMILES string of the molecule is CC(=O)NCc1cccc(CNC(C)=O)c1.COCC(C)OC.[BH4-]. The van der Waals surface area contributed by atoms with Gasteiger partial charge >= 0.3 is 0 Å². The Labute approximate surface area is 146 Å². The zero-order valence-corrected chi connectivity index (χ0v) is 14.6. The van der Waals surface area contributed by atoms with Gasteiger partial charge in [-0.2, -0.15) is 0 Å². The average molecular weight is 339 g/mol. The van der Waals surface area contributed by atoms with Crippen molar-refractivity contribution in [3.8, 4) is 0 Å². The molecule has 0 aliphatic rings. The minimum Gasteiger partial charge on any atom is -0.382 e. The van der Waals surface area contributed by atoms with Gasteiger partial charge in [0.1, 0.15) is 0 Å². The van der Waals surface area contributed by atoms with Crippen molar-refractivity contribution >= 4 is 20.2 Å². The highest BCUT2D eigenvalue weighted by atomic mass is 16.5. The van der Waals surface area contributed by atoms with Gasteiger partial charge < -0.3 is 20.1 Å². The summed E-state index contributed by atoms with van der Waals surface area (Å²) in [6.07, 6.45) is 0.227. The Morgan fingerprint density at radius 3 is 1.79 bits per heavy atom. The largest absolute Gasteiger partial charge is 0.382 e. The Kier molecular flexibility index (Phi) is 15.0. The number of carbonyl (C=O) groups excluding carboxylic acids is 2. The van der Waals surface area contributed by atoms with Crippen LogP contribution in [0.4, 0.5) is 0 Å². The van der Waals surface area contributed by atoms with Crippen molar-refractivity contribution in [2.75, 3.05) is 20.8 Å².